The number of carbonyl (C=O) groups is 1. The fourth-order valence-corrected chi connectivity index (χ4v) is 1.14. The molecule has 4 heteroatoms. The largest absolute Gasteiger partial charge is 0.508 e. The Hall–Kier alpha value is -1.42. The van der Waals surface area contributed by atoms with Crippen LogP contribution in [0.25, 0.3) is 0 Å². The van der Waals surface area contributed by atoms with E-state index in [2.05, 4.69) is 5.32 Å². The summed E-state index contributed by atoms with van der Waals surface area (Å²) in [5.41, 5.74) is 0.500. The zero-order chi connectivity index (χ0) is 10.7. The molecular weight excluding hydrogens is 185 g/mol. The van der Waals surface area contributed by atoms with Gasteiger partial charge in [-0.1, -0.05) is 0 Å². The summed E-state index contributed by atoms with van der Waals surface area (Å²) < 4.78 is 13.2. The maximum absolute atomic E-state index is 13.2. The van der Waals surface area contributed by atoms with Crippen LogP contribution in [0, 0.1) is 12.7 Å². The minimum atomic E-state index is -0.687. The second-order valence-electron chi connectivity index (χ2n) is 3.07. The Morgan fingerprint density at radius 2 is 2.21 bits per heavy atom. The lowest BCUT2D eigenvalue weighted by Crippen LogP contribution is -2.19. The molecule has 3 nitrogen and oxygen atoms in total. The van der Waals surface area contributed by atoms with Crippen molar-refractivity contribution in [3.05, 3.63) is 29.1 Å². The number of halogens is 1. The van der Waals surface area contributed by atoms with Gasteiger partial charge in [-0.3, -0.25) is 4.79 Å². The Labute approximate surface area is 81.6 Å². The molecule has 0 heterocycles. The average Bonchev–Trinajstić information content (AvgIpc) is 2.11. The van der Waals surface area contributed by atoms with Crippen LogP contribution in [0.4, 0.5) is 4.39 Å². The molecule has 0 aliphatic carbocycles. The Kier molecular flexibility index (Phi) is 3.19. The molecule has 1 rings (SSSR count). The van der Waals surface area contributed by atoms with E-state index < -0.39 is 5.82 Å². The molecule has 0 bridgehead atoms. The zero-order valence-corrected chi connectivity index (χ0v) is 8.10. The van der Waals surface area contributed by atoms with Crippen molar-refractivity contribution >= 4 is 5.78 Å². The summed E-state index contributed by atoms with van der Waals surface area (Å²) >= 11 is 0. The van der Waals surface area contributed by atoms with E-state index in [0.717, 1.165) is 6.07 Å². The van der Waals surface area contributed by atoms with E-state index in [1.54, 1.807) is 14.0 Å². The van der Waals surface area contributed by atoms with Gasteiger partial charge in [0.05, 0.1) is 12.1 Å². The predicted octanol–water partition coefficient (Wildman–Crippen LogP) is 1.24. The highest BCUT2D eigenvalue weighted by Gasteiger charge is 2.12. The van der Waals surface area contributed by atoms with Crippen molar-refractivity contribution in [2.45, 2.75) is 6.92 Å². The van der Waals surface area contributed by atoms with E-state index in [1.807, 2.05) is 0 Å². The summed E-state index contributed by atoms with van der Waals surface area (Å²) in [4.78, 5) is 11.3. The lowest BCUT2D eigenvalue weighted by Gasteiger charge is -2.05. The quantitative estimate of drug-likeness (QED) is 0.717. The third-order valence-electron chi connectivity index (χ3n) is 1.92. The highest BCUT2D eigenvalue weighted by Crippen LogP contribution is 2.20. The van der Waals surface area contributed by atoms with Crippen molar-refractivity contribution in [1.29, 1.82) is 0 Å². The number of aromatic hydroxyl groups is 1. The standard InChI is InChI=1S/C10H12FNO2/c1-6-3-7(10(14)5-12-2)8(11)4-9(6)13/h3-4,12-13H,5H2,1-2H3. The molecule has 0 saturated heterocycles. The van der Waals surface area contributed by atoms with E-state index in [0.29, 0.717) is 5.56 Å². The monoisotopic (exact) mass is 197 g/mol. The molecular formula is C10H12FNO2. The number of hydrogen-bond donors (Lipinski definition) is 2. The molecule has 1 aromatic carbocycles. The molecule has 0 aromatic heterocycles. The molecule has 0 unspecified atom stereocenters. The fraction of sp³-hybridized carbons (Fsp3) is 0.300. The minimum Gasteiger partial charge on any atom is -0.508 e. The van der Waals surface area contributed by atoms with Crippen LogP contribution < -0.4 is 5.32 Å². The molecule has 0 atom stereocenters. The van der Waals surface area contributed by atoms with Gasteiger partial charge < -0.3 is 10.4 Å². The number of benzene rings is 1. The van der Waals surface area contributed by atoms with E-state index >= 15 is 0 Å². The lowest BCUT2D eigenvalue weighted by molar-refractivity contribution is 0.0989. The van der Waals surface area contributed by atoms with Crippen LogP contribution in [0.15, 0.2) is 12.1 Å². The molecule has 0 saturated carbocycles. The number of likely N-dealkylation sites (N-methyl/N-ethyl adjacent to an activating group) is 1. The molecule has 0 fully saturated rings. The van der Waals surface area contributed by atoms with Crippen molar-refractivity contribution in [2.24, 2.45) is 0 Å². The second-order valence-corrected chi connectivity index (χ2v) is 3.07. The van der Waals surface area contributed by atoms with Crippen molar-refractivity contribution in [3.8, 4) is 5.75 Å². The molecule has 2 N–H and O–H groups in total. The zero-order valence-electron chi connectivity index (χ0n) is 8.10. The average molecular weight is 197 g/mol. The number of carbonyl (C=O) groups excluding carboxylic acids is 1. The summed E-state index contributed by atoms with van der Waals surface area (Å²) in [7, 11) is 1.61. The molecule has 14 heavy (non-hydrogen) atoms. The number of nitrogens with one attached hydrogen (secondary N) is 1. The molecule has 1 aromatic rings. The molecule has 0 radical (unpaired) electrons. The van der Waals surface area contributed by atoms with Crippen LogP contribution in [0.1, 0.15) is 15.9 Å². The van der Waals surface area contributed by atoms with Gasteiger partial charge in [0, 0.05) is 6.07 Å². The van der Waals surface area contributed by atoms with Gasteiger partial charge in [0.1, 0.15) is 11.6 Å². The first-order chi connectivity index (χ1) is 6.56. The predicted molar refractivity (Wildman–Crippen MR) is 51.1 cm³/mol. The smallest absolute Gasteiger partial charge is 0.179 e. The van der Waals surface area contributed by atoms with Gasteiger partial charge in [-0.25, -0.2) is 4.39 Å². The number of Topliss-reactive ketones (excluding diaryl/α,β-unsaturated/α-hetero) is 1. The van der Waals surface area contributed by atoms with Gasteiger partial charge in [0.15, 0.2) is 5.78 Å². The van der Waals surface area contributed by atoms with Crippen molar-refractivity contribution in [1.82, 2.24) is 5.32 Å². The van der Waals surface area contributed by atoms with E-state index in [9.17, 15) is 9.18 Å². The third kappa shape index (κ3) is 2.09. The summed E-state index contributed by atoms with van der Waals surface area (Å²) in [6.45, 7) is 1.70. The number of phenolic OH excluding ortho intramolecular Hbond substituents is 1. The van der Waals surface area contributed by atoms with Crippen molar-refractivity contribution in [2.75, 3.05) is 13.6 Å². The molecule has 0 aliphatic heterocycles. The Morgan fingerprint density at radius 1 is 1.57 bits per heavy atom. The number of aryl methyl sites for hydroxylation is 1. The van der Waals surface area contributed by atoms with Crippen LogP contribution in [-0.2, 0) is 0 Å². The first kappa shape index (κ1) is 10.7. The Bertz CT molecular complexity index is 363. The van der Waals surface area contributed by atoms with Gasteiger partial charge in [-0.15, -0.1) is 0 Å². The van der Waals surface area contributed by atoms with Gasteiger partial charge in [-0.05, 0) is 25.6 Å². The van der Waals surface area contributed by atoms with Crippen molar-refractivity contribution in [3.63, 3.8) is 0 Å². The Morgan fingerprint density at radius 3 is 2.79 bits per heavy atom. The number of rotatable bonds is 3. The Balaban J connectivity index is 3.09. The summed E-state index contributed by atoms with van der Waals surface area (Å²) in [5.74, 6) is -1.15. The van der Waals surface area contributed by atoms with E-state index in [1.165, 1.54) is 6.07 Å². The topological polar surface area (TPSA) is 49.3 Å². The SMILES string of the molecule is CNCC(=O)c1cc(C)c(O)cc1F. The van der Waals surface area contributed by atoms with Crippen LogP contribution in [0.3, 0.4) is 0 Å². The minimum absolute atomic E-state index is 0.00894. The number of phenols is 1. The summed E-state index contributed by atoms with van der Waals surface area (Å²) in [5, 5.41) is 11.8. The molecule has 0 spiro atoms. The normalized spacial score (nSPS) is 10.2. The van der Waals surface area contributed by atoms with Gasteiger partial charge in [-0.2, -0.15) is 0 Å². The molecule has 0 amide bonds. The van der Waals surface area contributed by atoms with E-state index in [-0.39, 0.29) is 23.6 Å². The number of hydrogen-bond acceptors (Lipinski definition) is 3. The molecule has 0 aliphatic rings. The van der Waals surface area contributed by atoms with E-state index in [4.69, 9.17) is 5.11 Å². The van der Waals surface area contributed by atoms with Gasteiger partial charge in [0.25, 0.3) is 0 Å². The molecule has 76 valence electrons. The van der Waals surface area contributed by atoms with Crippen LogP contribution >= 0.6 is 0 Å². The third-order valence-corrected chi connectivity index (χ3v) is 1.92. The van der Waals surface area contributed by atoms with Gasteiger partial charge >= 0.3 is 0 Å². The lowest BCUT2D eigenvalue weighted by atomic mass is 10.1. The van der Waals surface area contributed by atoms with Crippen LogP contribution in [0.5, 0.6) is 5.75 Å². The van der Waals surface area contributed by atoms with Crippen LogP contribution in [-0.4, -0.2) is 24.5 Å². The highest BCUT2D eigenvalue weighted by atomic mass is 19.1. The van der Waals surface area contributed by atoms with Crippen molar-refractivity contribution < 1.29 is 14.3 Å². The fourth-order valence-electron chi connectivity index (χ4n) is 1.14. The highest BCUT2D eigenvalue weighted by molar-refractivity contribution is 5.98. The number of ketones is 1. The maximum Gasteiger partial charge on any atom is 0.179 e. The van der Waals surface area contributed by atoms with Gasteiger partial charge in [0.2, 0.25) is 0 Å². The first-order valence-corrected chi connectivity index (χ1v) is 4.23. The first-order valence-electron chi connectivity index (χ1n) is 4.23. The summed E-state index contributed by atoms with van der Waals surface area (Å²) in [6, 6.07) is 2.31. The summed E-state index contributed by atoms with van der Waals surface area (Å²) in [6.07, 6.45) is 0. The maximum atomic E-state index is 13.2. The van der Waals surface area contributed by atoms with Crippen LogP contribution in [0.2, 0.25) is 0 Å². The second kappa shape index (κ2) is 4.19.